The van der Waals surface area contributed by atoms with Crippen LogP contribution in [0.2, 0.25) is 0 Å². The highest BCUT2D eigenvalue weighted by atomic mass is 16.3. The van der Waals surface area contributed by atoms with E-state index in [-0.39, 0.29) is 0 Å². The maximum Gasteiger partial charge on any atom is 0.0682 e. The summed E-state index contributed by atoms with van der Waals surface area (Å²) in [7, 11) is 0. The highest BCUT2D eigenvalue weighted by Gasteiger charge is 2.32. The van der Waals surface area contributed by atoms with Gasteiger partial charge in [-0.3, -0.25) is 0 Å². The highest BCUT2D eigenvalue weighted by molar-refractivity contribution is 5.04. The van der Waals surface area contributed by atoms with E-state index in [1.807, 2.05) is 6.92 Å². The van der Waals surface area contributed by atoms with Crippen molar-refractivity contribution < 1.29 is 5.11 Å². The fourth-order valence-corrected chi connectivity index (χ4v) is 2.01. The highest BCUT2D eigenvalue weighted by Crippen LogP contribution is 2.34. The third-order valence-electron chi connectivity index (χ3n) is 2.78. The number of allylic oxidation sites excluding steroid dienone is 1. The molecule has 70 valence electrons. The summed E-state index contributed by atoms with van der Waals surface area (Å²) in [5.74, 6) is 0.385. The zero-order chi connectivity index (χ0) is 9.19. The quantitative estimate of drug-likeness (QED) is 0.597. The van der Waals surface area contributed by atoms with Gasteiger partial charge in [-0.05, 0) is 33.6 Å². The molecule has 1 rings (SSSR count). The maximum absolute atomic E-state index is 10.0. The van der Waals surface area contributed by atoms with Crippen molar-refractivity contribution in [2.75, 3.05) is 0 Å². The first kappa shape index (κ1) is 9.79. The van der Waals surface area contributed by atoms with Crippen LogP contribution in [0.25, 0.3) is 0 Å². The Hall–Kier alpha value is -0.300. The fraction of sp³-hybridized carbons (Fsp3) is 0.818. The number of hydrogen-bond donors (Lipinski definition) is 1. The minimum absolute atomic E-state index is 0.385. The normalized spacial score (nSPS) is 36.2. The Morgan fingerprint density at radius 3 is 2.58 bits per heavy atom. The Kier molecular flexibility index (Phi) is 2.94. The minimum Gasteiger partial charge on any atom is -0.390 e. The van der Waals surface area contributed by atoms with Crippen molar-refractivity contribution in [1.29, 1.82) is 0 Å². The minimum atomic E-state index is -0.449. The monoisotopic (exact) mass is 168 g/mol. The Morgan fingerprint density at radius 1 is 1.42 bits per heavy atom. The Labute approximate surface area is 75.5 Å². The first-order valence-electron chi connectivity index (χ1n) is 4.90. The standard InChI is InChI=1S/C11H20O/c1-9(2)8-10-6-4-5-7-11(10,3)12/h8,10,12H,4-7H2,1-3H3/t10-,11+/m0/s1. The van der Waals surface area contributed by atoms with Crippen molar-refractivity contribution in [3.63, 3.8) is 0 Å². The molecule has 12 heavy (non-hydrogen) atoms. The molecule has 0 aromatic rings. The van der Waals surface area contributed by atoms with Crippen molar-refractivity contribution in [3.05, 3.63) is 11.6 Å². The molecule has 1 fully saturated rings. The van der Waals surface area contributed by atoms with Crippen molar-refractivity contribution in [2.45, 2.75) is 52.1 Å². The summed E-state index contributed by atoms with van der Waals surface area (Å²) in [5, 5.41) is 10.0. The molecule has 0 radical (unpaired) electrons. The van der Waals surface area contributed by atoms with Crippen LogP contribution in [0, 0.1) is 5.92 Å². The molecule has 1 aliphatic carbocycles. The van der Waals surface area contributed by atoms with Gasteiger partial charge in [0.25, 0.3) is 0 Å². The van der Waals surface area contributed by atoms with E-state index in [4.69, 9.17) is 0 Å². The van der Waals surface area contributed by atoms with Crippen molar-refractivity contribution >= 4 is 0 Å². The molecule has 0 saturated heterocycles. The summed E-state index contributed by atoms with van der Waals surface area (Å²) in [6, 6.07) is 0. The summed E-state index contributed by atoms with van der Waals surface area (Å²) in [4.78, 5) is 0. The zero-order valence-corrected chi connectivity index (χ0v) is 8.43. The van der Waals surface area contributed by atoms with Gasteiger partial charge in [-0.15, -0.1) is 0 Å². The van der Waals surface area contributed by atoms with Crippen LogP contribution in [0.15, 0.2) is 11.6 Å². The number of aliphatic hydroxyl groups is 1. The molecule has 0 aromatic carbocycles. The molecule has 0 heterocycles. The molecule has 1 saturated carbocycles. The molecule has 0 bridgehead atoms. The Bertz CT molecular complexity index is 175. The van der Waals surface area contributed by atoms with Crippen molar-refractivity contribution in [3.8, 4) is 0 Å². The van der Waals surface area contributed by atoms with Crippen molar-refractivity contribution in [1.82, 2.24) is 0 Å². The third kappa shape index (κ3) is 2.34. The van der Waals surface area contributed by atoms with Crippen LogP contribution in [0.4, 0.5) is 0 Å². The van der Waals surface area contributed by atoms with E-state index in [9.17, 15) is 5.11 Å². The van der Waals surface area contributed by atoms with Crippen LogP contribution < -0.4 is 0 Å². The molecule has 1 aliphatic rings. The second-order valence-corrected chi connectivity index (χ2v) is 4.45. The lowest BCUT2D eigenvalue weighted by atomic mass is 9.76. The van der Waals surface area contributed by atoms with E-state index in [0.29, 0.717) is 5.92 Å². The predicted molar refractivity (Wildman–Crippen MR) is 52.0 cm³/mol. The van der Waals surface area contributed by atoms with E-state index in [2.05, 4.69) is 19.9 Å². The average Bonchev–Trinajstić information content (AvgIpc) is 1.92. The van der Waals surface area contributed by atoms with Gasteiger partial charge in [0.15, 0.2) is 0 Å². The first-order valence-corrected chi connectivity index (χ1v) is 4.90. The first-order chi connectivity index (χ1) is 5.52. The second kappa shape index (κ2) is 3.61. The van der Waals surface area contributed by atoms with Gasteiger partial charge in [0, 0.05) is 5.92 Å². The molecule has 0 aromatic heterocycles. The van der Waals surface area contributed by atoms with Gasteiger partial charge in [-0.1, -0.05) is 24.5 Å². The molecule has 2 atom stereocenters. The van der Waals surface area contributed by atoms with Crippen LogP contribution in [-0.4, -0.2) is 10.7 Å². The average molecular weight is 168 g/mol. The van der Waals surface area contributed by atoms with E-state index in [1.54, 1.807) is 0 Å². The van der Waals surface area contributed by atoms with Crippen LogP contribution in [0.5, 0.6) is 0 Å². The van der Waals surface area contributed by atoms with E-state index < -0.39 is 5.60 Å². The van der Waals surface area contributed by atoms with Gasteiger partial charge < -0.3 is 5.11 Å². The van der Waals surface area contributed by atoms with Gasteiger partial charge in [-0.2, -0.15) is 0 Å². The van der Waals surface area contributed by atoms with E-state index >= 15 is 0 Å². The molecule has 0 aliphatic heterocycles. The van der Waals surface area contributed by atoms with Crippen LogP contribution in [-0.2, 0) is 0 Å². The smallest absolute Gasteiger partial charge is 0.0682 e. The van der Waals surface area contributed by atoms with Crippen LogP contribution in [0.3, 0.4) is 0 Å². The maximum atomic E-state index is 10.0. The molecule has 1 N–H and O–H groups in total. The lowest BCUT2D eigenvalue weighted by Crippen LogP contribution is -2.36. The van der Waals surface area contributed by atoms with Gasteiger partial charge in [0.1, 0.15) is 0 Å². The molecular weight excluding hydrogens is 148 g/mol. The van der Waals surface area contributed by atoms with Gasteiger partial charge in [-0.25, -0.2) is 0 Å². The summed E-state index contributed by atoms with van der Waals surface area (Å²) < 4.78 is 0. The van der Waals surface area contributed by atoms with Crippen molar-refractivity contribution in [2.24, 2.45) is 5.92 Å². The fourth-order valence-electron chi connectivity index (χ4n) is 2.01. The Balaban J connectivity index is 2.67. The van der Waals surface area contributed by atoms with Gasteiger partial charge in [0.05, 0.1) is 5.60 Å². The molecule has 1 nitrogen and oxygen atoms in total. The summed E-state index contributed by atoms with van der Waals surface area (Å²) in [6.45, 7) is 6.17. The predicted octanol–water partition coefficient (Wildman–Crippen LogP) is 2.89. The SMILES string of the molecule is CC(C)=C[C@@H]1CCCC[C@@]1(C)O. The molecular formula is C11H20O. The zero-order valence-electron chi connectivity index (χ0n) is 8.43. The molecule has 0 unspecified atom stereocenters. The van der Waals surface area contributed by atoms with E-state index in [1.165, 1.54) is 18.4 Å². The van der Waals surface area contributed by atoms with Crippen LogP contribution >= 0.6 is 0 Å². The summed E-state index contributed by atoms with van der Waals surface area (Å²) in [5.41, 5.74) is 0.873. The third-order valence-corrected chi connectivity index (χ3v) is 2.78. The lowest BCUT2D eigenvalue weighted by Gasteiger charge is -2.35. The Morgan fingerprint density at radius 2 is 2.08 bits per heavy atom. The summed E-state index contributed by atoms with van der Waals surface area (Å²) >= 11 is 0. The topological polar surface area (TPSA) is 20.2 Å². The van der Waals surface area contributed by atoms with Crippen LogP contribution in [0.1, 0.15) is 46.5 Å². The second-order valence-electron chi connectivity index (χ2n) is 4.45. The molecule has 0 amide bonds. The van der Waals surface area contributed by atoms with Gasteiger partial charge in [0.2, 0.25) is 0 Å². The number of hydrogen-bond acceptors (Lipinski definition) is 1. The largest absolute Gasteiger partial charge is 0.390 e. The molecule has 1 heteroatoms. The summed E-state index contributed by atoms with van der Waals surface area (Å²) in [6.07, 6.45) is 6.78. The number of rotatable bonds is 1. The van der Waals surface area contributed by atoms with Gasteiger partial charge >= 0.3 is 0 Å². The molecule has 0 spiro atoms. The van der Waals surface area contributed by atoms with E-state index in [0.717, 1.165) is 12.8 Å². The lowest BCUT2D eigenvalue weighted by molar-refractivity contribution is -0.0125.